The molecule has 2 aromatic carbocycles. The smallest absolute Gasteiger partial charge is 0.250 e. The fourth-order valence-corrected chi connectivity index (χ4v) is 3.85. The maximum atomic E-state index is 12.8. The van der Waals surface area contributed by atoms with Gasteiger partial charge in [-0.25, -0.2) is 0 Å². The molecular formula is C27H34N2O2. The molecular weight excluding hydrogens is 384 g/mol. The number of hydrogen-bond donors (Lipinski definition) is 2. The summed E-state index contributed by atoms with van der Waals surface area (Å²) >= 11 is 0. The molecule has 2 aromatic rings. The lowest BCUT2D eigenvalue weighted by Crippen LogP contribution is -2.15. The molecule has 4 heteroatoms. The molecule has 31 heavy (non-hydrogen) atoms. The van der Waals surface area contributed by atoms with Gasteiger partial charge in [-0.1, -0.05) is 58.0 Å². The van der Waals surface area contributed by atoms with Crippen molar-refractivity contribution in [1.82, 2.24) is 0 Å². The van der Waals surface area contributed by atoms with E-state index in [9.17, 15) is 9.59 Å². The van der Waals surface area contributed by atoms with Crippen LogP contribution in [0.3, 0.4) is 0 Å². The number of nitrogens with one attached hydrogen (secondary N) is 1. The average molecular weight is 419 g/mol. The van der Waals surface area contributed by atoms with E-state index in [4.69, 9.17) is 5.73 Å². The van der Waals surface area contributed by atoms with E-state index in [0.29, 0.717) is 11.3 Å². The number of allylic oxidation sites excluding steroid dienone is 2. The van der Waals surface area contributed by atoms with Gasteiger partial charge in [0.25, 0.3) is 5.91 Å². The largest absolute Gasteiger partial charge is 0.366 e. The molecule has 0 saturated carbocycles. The summed E-state index contributed by atoms with van der Waals surface area (Å²) in [5.41, 5.74) is 11.5. The molecule has 0 spiro atoms. The highest BCUT2D eigenvalue weighted by Crippen LogP contribution is 2.39. The standard InChI is InChI=1S/C27H34N2O2/c1-6-10-12-19-13-14-20(17-23(19)24(30)11-7-2)21-15-16-22(27(28)31)26(29-9-4)25(21)18(5)8-3/h7,9,11,13-18,29H,4,6,8,10,12H2,1-3,5H3,(H2,28,31)/b11-7-. The molecule has 0 aliphatic heterocycles. The molecule has 0 aliphatic carbocycles. The zero-order valence-corrected chi connectivity index (χ0v) is 19.1. The summed E-state index contributed by atoms with van der Waals surface area (Å²) in [6.45, 7) is 12.0. The Morgan fingerprint density at radius 2 is 1.90 bits per heavy atom. The third kappa shape index (κ3) is 5.52. The predicted octanol–water partition coefficient (Wildman–Crippen LogP) is 6.62. The summed E-state index contributed by atoms with van der Waals surface area (Å²) < 4.78 is 0. The van der Waals surface area contributed by atoms with Crippen molar-refractivity contribution in [2.45, 2.75) is 59.3 Å². The Balaban J connectivity index is 2.78. The SMILES string of the molecule is C=CNc1c(C(N)=O)ccc(-c2ccc(CCCC)c(C(=O)/C=C\C)c2)c1C(C)CC. The highest BCUT2D eigenvalue weighted by atomic mass is 16.1. The molecule has 0 aliphatic rings. The summed E-state index contributed by atoms with van der Waals surface area (Å²) in [5, 5.41) is 3.13. The molecule has 0 saturated heterocycles. The minimum absolute atomic E-state index is 0.0127. The molecule has 1 amide bonds. The van der Waals surface area contributed by atoms with E-state index >= 15 is 0 Å². The molecule has 1 atom stereocenters. The van der Waals surface area contributed by atoms with Crippen LogP contribution in [-0.4, -0.2) is 11.7 Å². The molecule has 0 radical (unpaired) electrons. The zero-order valence-electron chi connectivity index (χ0n) is 19.1. The van der Waals surface area contributed by atoms with E-state index in [0.717, 1.165) is 53.5 Å². The van der Waals surface area contributed by atoms with Crippen molar-refractivity contribution in [2.24, 2.45) is 5.73 Å². The Morgan fingerprint density at radius 1 is 1.16 bits per heavy atom. The molecule has 1 unspecified atom stereocenters. The maximum Gasteiger partial charge on any atom is 0.250 e. The van der Waals surface area contributed by atoms with Crippen molar-refractivity contribution in [2.75, 3.05) is 5.32 Å². The molecule has 0 fully saturated rings. The van der Waals surface area contributed by atoms with Gasteiger partial charge < -0.3 is 11.1 Å². The maximum absolute atomic E-state index is 12.8. The monoisotopic (exact) mass is 418 g/mol. The van der Waals surface area contributed by atoms with Crippen LogP contribution in [-0.2, 0) is 6.42 Å². The first-order chi connectivity index (χ1) is 14.9. The fraction of sp³-hybridized carbons (Fsp3) is 0.333. The van der Waals surface area contributed by atoms with Crippen LogP contribution < -0.4 is 11.1 Å². The van der Waals surface area contributed by atoms with Crippen molar-refractivity contribution in [3.63, 3.8) is 0 Å². The first-order valence-corrected chi connectivity index (χ1v) is 11.0. The number of anilines is 1. The summed E-state index contributed by atoms with van der Waals surface area (Å²) in [6.07, 6.45) is 8.82. The first kappa shape index (κ1) is 24.1. The molecule has 164 valence electrons. The second kappa shape index (κ2) is 11.3. The van der Waals surface area contributed by atoms with E-state index < -0.39 is 5.91 Å². The second-order valence-electron chi connectivity index (χ2n) is 7.81. The normalized spacial score (nSPS) is 12.0. The Kier molecular flexibility index (Phi) is 8.80. The summed E-state index contributed by atoms with van der Waals surface area (Å²) in [7, 11) is 0. The third-order valence-corrected chi connectivity index (χ3v) is 5.67. The lowest BCUT2D eigenvalue weighted by atomic mass is 9.85. The van der Waals surface area contributed by atoms with Crippen LogP contribution in [0.15, 0.2) is 55.3 Å². The average Bonchev–Trinajstić information content (AvgIpc) is 2.76. The van der Waals surface area contributed by atoms with Gasteiger partial charge in [0.1, 0.15) is 0 Å². The number of amides is 1. The van der Waals surface area contributed by atoms with Gasteiger partial charge in [-0.15, -0.1) is 0 Å². The zero-order chi connectivity index (χ0) is 23.0. The van der Waals surface area contributed by atoms with Crippen LogP contribution in [0, 0.1) is 0 Å². The van der Waals surface area contributed by atoms with E-state index in [1.807, 2.05) is 19.1 Å². The topological polar surface area (TPSA) is 72.2 Å². The van der Waals surface area contributed by atoms with Gasteiger partial charge in [-0.3, -0.25) is 9.59 Å². The van der Waals surface area contributed by atoms with E-state index in [2.05, 4.69) is 44.8 Å². The van der Waals surface area contributed by atoms with E-state index in [1.54, 1.807) is 24.4 Å². The second-order valence-corrected chi connectivity index (χ2v) is 7.81. The number of primary amides is 1. The van der Waals surface area contributed by atoms with Gasteiger partial charge in [0.2, 0.25) is 0 Å². The molecule has 4 nitrogen and oxygen atoms in total. The van der Waals surface area contributed by atoms with Crippen molar-refractivity contribution in [3.05, 3.63) is 77.5 Å². The number of hydrogen-bond acceptors (Lipinski definition) is 3. The Morgan fingerprint density at radius 3 is 2.48 bits per heavy atom. The summed E-state index contributed by atoms with van der Waals surface area (Å²) in [6, 6.07) is 9.79. The Bertz CT molecular complexity index is 989. The lowest BCUT2D eigenvalue weighted by molar-refractivity contribution is 0.0999. The number of aryl methyl sites for hydroxylation is 1. The number of rotatable bonds is 11. The number of benzene rings is 2. The van der Waals surface area contributed by atoms with Crippen LogP contribution in [0.4, 0.5) is 5.69 Å². The van der Waals surface area contributed by atoms with Crippen molar-refractivity contribution < 1.29 is 9.59 Å². The van der Waals surface area contributed by atoms with Gasteiger partial charge in [-0.2, -0.15) is 0 Å². The van der Waals surface area contributed by atoms with Crippen molar-refractivity contribution >= 4 is 17.4 Å². The van der Waals surface area contributed by atoms with Crippen molar-refractivity contribution in [3.8, 4) is 11.1 Å². The third-order valence-electron chi connectivity index (χ3n) is 5.67. The molecule has 0 aromatic heterocycles. The lowest BCUT2D eigenvalue weighted by Gasteiger charge is -2.22. The van der Waals surface area contributed by atoms with Gasteiger partial charge in [0.15, 0.2) is 5.78 Å². The fourth-order valence-electron chi connectivity index (χ4n) is 3.85. The molecule has 2 rings (SSSR count). The Hall–Kier alpha value is -3.14. The number of unbranched alkanes of at least 4 members (excludes halogenated alkanes) is 1. The van der Waals surface area contributed by atoms with Crippen LogP contribution in [0.1, 0.15) is 84.7 Å². The first-order valence-electron chi connectivity index (χ1n) is 11.0. The van der Waals surface area contributed by atoms with Gasteiger partial charge in [0.05, 0.1) is 11.3 Å². The van der Waals surface area contributed by atoms with Crippen LogP contribution in [0.25, 0.3) is 11.1 Å². The van der Waals surface area contributed by atoms with Crippen LogP contribution in [0.5, 0.6) is 0 Å². The molecule has 0 bridgehead atoms. The molecule has 3 N–H and O–H groups in total. The number of carbonyl (C=O) groups excluding carboxylic acids is 2. The molecule has 0 heterocycles. The van der Waals surface area contributed by atoms with Gasteiger partial charge in [0, 0.05) is 5.56 Å². The van der Waals surface area contributed by atoms with Gasteiger partial charge >= 0.3 is 0 Å². The Labute approximate surface area is 186 Å². The quantitative estimate of drug-likeness (QED) is 0.318. The van der Waals surface area contributed by atoms with Crippen LogP contribution in [0.2, 0.25) is 0 Å². The summed E-state index contributed by atoms with van der Waals surface area (Å²) in [4.78, 5) is 24.9. The van der Waals surface area contributed by atoms with E-state index in [1.165, 1.54) is 0 Å². The van der Waals surface area contributed by atoms with Gasteiger partial charge in [-0.05, 0) is 78.8 Å². The number of nitrogens with two attached hydrogens (primary N) is 1. The summed E-state index contributed by atoms with van der Waals surface area (Å²) in [5.74, 6) is -0.302. The van der Waals surface area contributed by atoms with Crippen LogP contribution >= 0.6 is 0 Å². The number of carbonyl (C=O) groups is 2. The van der Waals surface area contributed by atoms with Crippen molar-refractivity contribution in [1.29, 1.82) is 0 Å². The minimum Gasteiger partial charge on any atom is -0.366 e. The predicted molar refractivity (Wildman–Crippen MR) is 131 cm³/mol. The minimum atomic E-state index is -0.487. The van der Waals surface area contributed by atoms with E-state index in [-0.39, 0.29) is 11.7 Å². The number of ketones is 1. The highest BCUT2D eigenvalue weighted by molar-refractivity contribution is 6.06. The highest BCUT2D eigenvalue weighted by Gasteiger charge is 2.21.